The molecule has 0 radical (unpaired) electrons. The minimum absolute atomic E-state index is 0.0937. The predicted molar refractivity (Wildman–Crippen MR) is 79.6 cm³/mol. The molecule has 1 heterocycles. The van der Waals surface area contributed by atoms with Gasteiger partial charge in [0.25, 0.3) is 5.91 Å². The Hall–Kier alpha value is -1.84. The van der Waals surface area contributed by atoms with E-state index >= 15 is 0 Å². The van der Waals surface area contributed by atoms with Crippen molar-refractivity contribution in [1.29, 1.82) is 0 Å². The Morgan fingerprint density at radius 2 is 1.95 bits per heavy atom. The number of nitrogens with one attached hydrogen (secondary N) is 2. The van der Waals surface area contributed by atoms with Crippen LogP contribution in [0, 0.1) is 0 Å². The van der Waals surface area contributed by atoms with Crippen molar-refractivity contribution in [2.24, 2.45) is 4.99 Å². The molecular formula is C16H21N3O. The number of guanidine groups is 1. The molecule has 1 aromatic carbocycles. The van der Waals surface area contributed by atoms with Gasteiger partial charge in [-0.15, -0.1) is 0 Å². The van der Waals surface area contributed by atoms with Crippen LogP contribution in [0.2, 0.25) is 0 Å². The van der Waals surface area contributed by atoms with Gasteiger partial charge in [-0.2, -0.15) is 0 Å². The third kappa shape index (κ3) is 2.30. The first kappa shape index (κ1) is 13.2. The van der Waals surface area contributed by atoms with E-state index in [1.54, 1.807) is 0 Å². The highest BCUT2D eigenvalue weighted by atomic mass is 16.2. The molecule has 0 atom stereocenters. The normalized spacial score (nSPS) is 31.4. The van der Waals surface area contributed by atoms with Crippen LogP contribution >= 0.6 is 0 Å². The fourth-order valence-electron chi connectivity index (χ4n) is 3.30. The molecule has 20 heavy (non-hydrogen) atoms. The third-order valence-corrected chi connectivity index (χ3v) is 4.45. The summed E-state index contributed by atoms with van der Waals surface area (Å²) in [7, 11) is 0. The molecular weight excluding hydrogens is 250 g/mol. The van der Waals surface area contributed by atoms with Crippen molar-refractivity contribution in [3.8, 4) is 0 Å². The quantitative estimate of drug-likeness (QED) is 0.866. The summed E-state index contributed by atoms with van der Waals surface area (Å²) in [6.07, 6.45) is 3.84. The summed E-state index contributed by atoms with van der Waals surface area (Å²) >= 11 is 0. The van der Waals surface area contributed by atoms with Gasteiger partial charge in [-0.3, -0.25) is 15.1 Å². The average Bonchev–Trinajstić information content (AvgIpc) is 2.77. The fraction of sp³-hybridized carbons (Fsp3) is 0.500. The Labute approximate surface area is 119 Å². The number of aliphatic imine (C=N–C) groups is 1. The Kier molecular flexibility index (Phi) is 3.47. The van der Waals surface area contributed by atoms with Gasteiger partial charge in [-0.25, -0.2) is 0 Å². The zero-order valence-electron chi connectivity index (χ0n) is 11.9. The number of nitrogens with zero attached hydrogens (tertiary/aromatic N) is 1. The second-order valence-corrected chi connectivity index (χ2v) is 5.67. The van der Waals surface area contributed by atoms with E-state index in [0.717, 1.165) is 25.7 Å². The van der Waals surface area contributed by atoms with Crippen molar-refractivity contribution in [1.82, 2.24) is 10.6 Å². The van der Waals surface area contributed by atoms with Gasteiger partial charge in [-0.1, -0.05) is 30.3 Å². The number of hydrogen-bond acceptors (Lipinski definition) is 2. The summed E-state index contributed by atoms with van der Waals surface area (Å²) in [6, 6.07) is 10.6. The maximum Gasteiger partial charge on any atom is 0.252 e. The van der Waals surface area contributed by atoms with Crippen molar-refractivity contribution in [2.45, 2.75) is 44.1 Å². The molecule has 4 nitrogen and oxygen atoms in total. The first-order valence-electron chi connectivity index (χ1n) is 7.42. The van der Waals surface area contributed by atoms with Crippen LogP contribution in [-0.2, 0) is 4.79 Å². The van der Waals surface area contributed by atoms with Gasteiger partial charge in [0.1, 0.15) is 5.54 Å². The molecule has 4 heteroatoms. The topological polar surface area (TPSA) is 53.5 Å². The second kappa shape index (κ2) is 5.27. The Balaban J connectivity index is 1.69. The molecule has 106 valence electrons. The average molecular weight is 271 g/mol. The highest BCUT2D eigenvalue weighted by molar-refractivity contribution is 6.09. The molecule has 2 fully saturated rings. The van der Waals surface area contributed by atoms with Gasteiger partial charge in [0, 0.05) is 6.54 Å². The van der Waals surface area contributed by atoms with E-state index in [9.17, 15) is 4.79 Å². The van der Waals surface area contributed by atoms with Crippen LogP contribution in [0.15, 0.2) is 35.3 Å². The Morgan fingerprint density at radius 1 is 1.25 bits per heavy atom. The van der Waals surface area contributed by atoms with E-state index in [4.69, 9.17) is 0 Å². The number of rotatable bonds is 2. The fourth-order valence-corrected chi connectivity index (χ4v) is 3.30. The molecule has 2 aliphatic rings. The molecule has 1 aromatic rings. The molecule has 2 N–H and O–H groups in total. The van der Waals surface area contributed by atoms with Crippen molar-refractivity contribution in [3.63, 3.8) is 0 Å². The van der Waals surface area contributed by atoms with E-state index in [1.807, 2.05) is 13.0 Å². The summed E-state index contributed by atoms with van der Waals surface area (Å²) in [5.41, 5.74) is 0.974. The number of hydrogen-bond donors (Lipinski definition) is 2. The third-order valence-electron chi connectivity index (χ3n) is 4.45. The van der Waals surface area contributed by atoms with Crippen LogP contribution in [0.3, 0.4) is 0 Å². The number of benzene rings is 1. The first-order valence-corrected chi connectivity index (χ1v) is 7.42. The minimum Gasteiger partial charge on any atom is -0.342 e. The lowest BCUT2D eigenvalue weighted by atomic mass is 9.74. The standard InChI is InChI=1S/C16H21N3O/c1-2-17-15-18-14(20)16(19-15)10-8-13(9-11-16)12-6-4-3-5-7-12/h3-7,13H,2,8-11H2,1H3,(H2,17,18,19,20). The van der Waals surface area contributed by atoms with E-state index in [1.165, 1.54) is 5.56 Å². The van der Waals surface area contributed by atoms with E-state index in [2.05, 4.69) is 39.9 Å². The molecule has 3 rings (SSSR count). The zero-order chi connectivity index (χ0) is 14.0. The smallest absolute Gasteiger partial charge is 0.252 e. The highest BCUT2D eigenvalue weighted by Crippen LogP contribution is 2.39. The van der Waals surface area contributed by atoms with Crippen molar-refractivity contribution >= 4 is 11.9 Å². The lowest BCUT2D eigenvalue weighted by molar-refractivity contribution is -0.125. The van der Waals surface area contributed by atoms with E-state index in [-0.39, 0.29) is 5.91 Å². The minimum atomic E-state index is -0.417. The van der Waals surface area contributed by atoms with Crippen molar-refractivity contribution in [2.75, 3.05) is 6.54 Å². The highest BCUT2D eigenvalue weighted by Gasteiger charge is 2.47. The molecule has 0 unspecified atom stereocenters. The van der Waals surface area contributed by atoms with Gasteiger partial charge in [0.05, 0.1) is 0 Å². The molecule has 1 spiro atoms. The summed E-state index contributed by atoms with van der Waals surface area (Å²) in [6.45, 7) is 2.66. The van der Waals surface area contributed by atoms with Crippen LogP contribution in [0.4, 0.5) is 0 Å². The zero-order valence-corrected chi connectivity index (χ0v) is 11.9. The van der Waals surface area contributed by atoms with Crippen LogP contribution in [0.5, 0.6) is 0 Å². The van der Waals surface area contributed by atoms with Gasteiger partial charge < -0.3 is 5.32 Å². The van der Waals surface area contributed by atoms with Gasteiger partial charge in [-0.05, 0) is 44.1 Å². The Morgan fingerprint density at radius 3 is 2.60 bits per heavy atom. The summed E-state index contributed by atoms with van der Waals surface area (Å²) in [5.74, 6) is 1.32. The number of amides is 1. The predicted octanol–water partition coefficient (Wildman–Crippen LogP) is 2.18. The van der Waals surface area contributed by atoms with Gasteiger partial charge >= 0.3 is 0 Å². The molecule has 0 bridgehead atoms. The monoisotopic (exact) mass is 271 g/mol. The van der Waals surface area contributed by atoms with Crippen molar-refractivity contribution in [3.05, 3.63) is 35.9 Å². The van der Waals surface area contributed by atoms with Crippen molar-refractivity contribution < 1.29 is 4.79 Å². The SMILES string of the molecule is CCN=C1NC(=O)C2(CCC(c3ccccc3)CC2)N1. The molecule has 1 saturated heterocycles. The largest absolute Gasteiger partial charge is 0.342 e. The Bertz CT molecular complexity index is 516. The maximum atomic E-state index is 12.2. The molecule has 1 aliphatic heterocycles. The molecule has 1 saturated carbocycles. The first-order chi connectivity index (χ1) is 9.73. The van der Waals surface area contributed by atoms with E-state index < -0.39 is 5.54 Å². The lowest BCUT2D eigenvalue weighted by Gasteiger charge is -2.35. The number of carbonyl (C=O) groups is 1. The lowest BCUT2D eigenvalue weighted by Crippen LogP contribution is -2.49. The van der Waals surface area contributed by atoms with Gasteiger partial charge in [0.2, 0.25) is 0 Å². The van der Waals surface area contributed by atoms with Crippen LogP contribution in [0.1, 0.15) is 44.1 Å². The summed E-state index contributed by atoms with van der Waals surface area (Å²) in [5, 5.41) is 6.19. The van der Waals surface area contributed by atoms with Gasteiger partial charge in [0.15, 0.2) is 5.96 Å². The van der Waals surface area contributed by atoms with E-state index in [0.29, 0.717) is 18.4 Å². The molecule has 0 aromatic heterocycles. The van der Waals surface area contributed by atoms with Crippen LogP contribution in [0.25, 0.3) is 0 Å². The maximum absolute atomic E-state index is 12.2. The summed E-state index contributed by atoms with van der Waals surface area (Å²) < 4.78 is 0. The number of carbonyl (C=O) groups excluding carboxylic acids is 1. The summed E-state index contributed by atoms with van der Waals surface area (Å²) in [4.78, 5) is 16.5. The van der Waals surface area contributed by atoms with Crippen LogP contribution < -0.4 is 10.6 Å². The van der Waals surface area contributed by atoms with Crippen LogP contribution in [-0.4, -0.2) is 24.0 Å². The second-order valence-electron chi connectivity index (χ2n) is 5.67. The molecule has 1 amide bonds. The molecule has 1 aliphatic carbocycles.